The van der Waals surface area contributed by atoms with Crippen molar-refractivity contribution in [3.8, 4) is 0 Å². The quantitative estimate of drug-likeness (QED) is 0.682. The van der Waals surface area contributed by atoms with Gasteiger partial charge >= 0.3 is 0 Å². The van der Waals surface area contributed by atoms with Crippen LogP contribution in [0.4, 0.5) is 0 Å². The van der Waals surface area contributed by atoms with Gasteiger partial charge < -0.3 is 5.32 Å². The summed E-state index contributed by atoms with van der Waals surface area (Å²) in [4.78, 5) is 67.5. The van der Waals surface area contributed by atoms with Crippen LogP contribution >= 0.6 is 11.3 Å². The molecule has 5 amide bonds. The molecular weight excluding hydrogens is 408 g/mol. The monoisotopic (exact) mass is 426 g/mol. The normalized spacial score (nSPS) is 18.4. The molecule has 4 rings (SSSR count). The Morgan fingerprint density at radius 1 is 1.23 bits per heavy atom. The third-order valence-electron chi connectivity index (χ3n) is 5.03. The minimum absolute atomic E-state index is 0.0523. The molecule has 154 valence electrons. The number of hydrogen-bond acceptors (Lipinski definition) is 7. The van der Waals surface area contributed by atoms with Gasteiger partial charge in [0.15, 0.2) is 0 Å². The second kappa shape index (κ2) is 7.79. The third-order valence-corrected chi connectivity index (χ3v) is 6.00. The second-order valence-corrected chi connectivity index (χ2v) is 8.38. The van der Waals surface area contributed by atoms with Gasteiger partial charge in [0.1, 0.15) is 6.04 Å². The number of fused-ring (bicyclic) bond motifs is 1. The molecule has 2 aliphatic rings. The molecule has 1 unspecified atom stereocenters. The van der Waals surface area contributed by atoms with Gasteiger partial charge in [-0.05, 0) is 31.5 Å². The smallest absolute Gasteiger partial charge is 0.262 e. The fourth-order valence-corrected chi connectivity index (χ4v) is 4.33. The number of thiazole rings is 1. The molecule has 9 nitrogen and oxygen atoms in total. The van der Waals surface area contributed by atoms with Crippen molar-refractivity contribution >= 4 is 40.9 Å². The number of hydrogen-bond donors (Lipinski definition) is 2. The molecule has 1 saturated heterocycles. The molecule has 1 atom stereocenters. The summed E-state index contributed by atoms with van der Waals surface area (Å²) in [5.74, 6) is -2.70. The van der Waals surface area contributed by atoms with Crippen molar-refractivity contribution in [1.29, 1.82) is 0 Å². The average molecular weight is 426 g/mol. The van der Waals surface area contributed by atoms with Crippen LogP contribution in [-0.2, 0) is 16.0 Å². The number of nitrogens with zero attached hydrogens (tertiary/aromatic N) is 2. The van der Waals surface area contributed by atoms with Crippen LogP contribution < -0.4 is 10.6 Å². The van der Waals surface area contributed by atoms with Crippen molar-refractivity contribution in [3.05, 3.63) is 51.0 Å². The van der Waals surface area contributed by atoms with Crippen LogP contribution in [0.5, 0.6) is 0 Å². The average Bonchev–Trinajstić information content (AvgIpc) is 3.23. The summed E-state index contributed by atoms with van der Waals surface area (Å²) in [6.45, 7) is 2.32. The van der Waals surface area contributed by atoms with Crippen LogP contribution in [0.1, 0.15) is 53.8 Å². The Morgan fingerprint density at radius 2 is 2.00 bits per heavy atom. The van der Waals surface area contributed by atoms with Crippen LogP contribution in [0.15, 0.2) is 24.4 Å². The highest BCUT2D eigenvalue weighted by Gasteiger charge is 2.44. The van der Waals surface area contributed by atoms with Crippen LogP contribution in [-0.4, -0.2) is 52.0 Å². The zero-order valence-electron chi connectivity index (χ0n) is 16.1. The van der Waals surface area contributed by atoms with Crippen LogP contribution in [0, 0.1) is 6.92 Å². The van der Waals surface area contributed by atoms with E-state index in [0.29, 0.717) is 13.0 Å². The van der Waals surface area contributed by atoms with Crippen molar-refractivity contribution in [1.82, 2.24) is 20.5 Å². The molecule has 0 spiro atoms. The molecule has 0 saturated carbocycles. The van der Waals surface area contributed by atoms with Gasteiger partial charge in [0.05, 0.1) is 16.1 Å². The maximum Gasteiger partial charge on any atom is 0.262 e. The fourth-order valence-electron chi connectivity index (χ4n) is 3.53. The predicted octanol–water partition coefficient (Wildman–Crippen LogP) is 0.825. The summed E-state index contributed by atoms with van der Waals surface area (Å²) >= 11 is 1.56. The molecule has 2 aromatic rings. The first-order chi connectivity index (χ1) is 14.3. The Balaban J connectivity index is 1.46. The van der Waals surface area contributed by atoms with Crippen LogP contribution in [0.2, 0.25) is 0 Å². The van der Waals surface area contributed by atoms with Crippen LogP contribution in [0.3, 0.4) is 0 Å². The van der Waals surface area contributed by atoms with Gasteiger partial charge in [-0.25, -0.2) is 4.98 Å². The maximum atomic E-state index is 12.8. The number of aromatic nitrogens is 1. The highest BCUT2D eigenvalue weighted by Crippen LogP contribution is 2.28. The van der Waals surface area contributed by atoms with E-state index in [-0.39, 0.29) is 35.4 Å². The summed E-state index contributed by atoms with van der Waals surface area (Å²) in [7, 11) is 0. The van der Waals surface area contributed by atoms with E-state index in [0.717, 1.165) is 14.8 Å². The molecule has 0 bridgehead atoms. The van der Waals surface area contributed by atoms with E-state index in [2.05, 4.69) is 15.6 Å². The number of nitrogens with one attached hydrogen (secondary N) is 2. The van der Waals surface area contributed by atoms with E-state index >= 15 is 0 Å². The zero-order valence-corrected chi connectivity index (χ0v) is 16.9. The second-order valence-electron chi connectivity index (χ2n) is 7.06. The molecule has 3 heterocycles. The van der Waals surface area contributed by atoms with Crippen molar-refractivity contribution < 1.29 is 24.0 Å². The van der Waals surface area contributed by atoms with Gasteiger partial charge in [-0.15, -0.1) is 11.3 Å². The van der Waals surface area contributed by atoms with Gasteiger partial charge in [0, 0.05) is 36.0 Å². The minimum Gasteiger partial charge on any atom is -0.352 e. The van der Waals surface area contributed by atoms with E-state index in [1.165, 1.54) is 18.2 Å². The lowest BCUT2D eigenvalue weighted by atomic mass is 10.0. The zero-order chi connectivity index (χ0) is 21.4. The lowest BCUT2D eigenvalue weighted by Gasteiger charge is -2.27. The molecular formula is C20H18N4O5S. The van der Waals surface area contributed by atoms with E-state index < -0.39 is 29.7 Å². The summed E-state index contributed by atoms with van der Waals surface area (Å²) in [5.41, 5.74) is 0.470. The first kappa shape index (κ1) is 19.9. The Hall–Kier alpha value is -3.40. The molecule has 30 heavy (non-hydrogen) atoms. The molecule has 2 N–H and O–H groups in total. The number of imide groups is 2. The van der Waals surface area contributed by atoms with Crippen LogP contribution in [0.25, 0.3) is 0 Å². The van der Waals surface area contributed by atoms with Gasteiger partial charge in [0.2, 0.25) is 11.8 Å². The van der Waals surface area contributed by atoms with Crippen molar-refractivity contribution in [2.75, 3.05) is 6.54 Å². The molecule has 10 heteroatoms. The topological polar surface area (TPSA) is 126 Å². The highest BCUT2D eigenvalue weighted by molar-refractivity contribution is 7.11. The van der Waals surface area contributed by atoms with Crippen molar-refractivity contribution in [3.63, 3.8) is 0 Å². The van der Waals surface area contributed by atoms with E-state index in [1.54, 1.807) is 17.5 Å². The largest absolute Gasteiger partial charge is 0.352 e. The Bertz CT molecular complexity index is 1090. The number of carbonyl (C=O) groups excluding carboxylic acids is 5. The standard InChI is InChI=1S/C20H18N4O5S/c1-10-22-9-12(30-10)6-7-21-17(26)11-2-3-13-14(8-11)20(29)24(19(13)28)15-4-5-16(25)23-18(15)27/h2-3,8-9,15H,4-7H2,1H3,(H,21,26)(H,23,25,27). The minimum atomic E-state index is -1.03. The highest BCUT2D eigenvalue weighted by atomic mass is 32.1. The molecule has 2 aliphatic heterocycles. The SMILES string of the molecule is Cc1ncc(CCNC(=O)c2ccc3c(c2)C(=O)N(C2CCC(=O)NC2=O)C3=O)s1. The van der Waals surface area contributed by atoms with E-state index in [4.69, 9.17) is 0 Å². The molecule has 0 radical (unpaired) electrons. The summed E-state index contributed by atoms with van der Waals surface area (Å²) in [6, 6.07) is 3.23. The van der Waals surface area contributed by atoms with Gasteiger partial charge in [0.25, 0.3) is 17.7 Å². The maximum absolute atomic E-state index is 12.8. The van der Waals surface area contributed by atoms with Gasteiger partial charge in [-0.1, -0.05) is 0 Å². The fraction of sp³-hybridized carbons (Fsp3) is 0.300. The molecule has 0 aliphatic carbocycles. The van der Waals surface area contributed by atoms with Gasteiger partial charge in [-0.2, -0.15) is 0 Å². The number of aryl methyl sites for hydroxylation is 1. The Kier molecular flexibility index (Phi) is 5.17. The number of benzene rings is 1. The van der Waals surface area contributed by atoms with Crippen molar-refractivity contribution in [2.45, 2.75) is 32.2 Å². The lowest BCUT2D eigenvalue weighted by molar-refractivity contribution is -0.136. The van der Waals surface area contributed by atoms with Crippen molar-refractivity contribution in [2.24, 2.45) is 0 Å². The molecule has 1 aromatic carbocycles. The number of carbonyl (C=O) groups is 5. The summed E-state index contributed by atoms with van der Waals surface area (Å²) in [5, 5.41) is 5.90. The first-order valence-electron chi connectivity index (χ1n) is 9.40. The van der Waals surface area contributed by atoms with E-state index in [9.17, 15) is 24.0 Å². The molecule has 1 aromatic heterocycles. The third kappa shape index (κ3) is 3.61. The summed E-state index contributed by atoms with van der Waals surface area (Å²) in [6.07, 6.45) is 2.55. The van der Waals surface area contributed by atoms with Gasteiger partial charge in [-0.3, -0.25) is 34.2 Å². The first-order valence-corrected chi connectivity index (χ1v) is 10.2. The molecule has 1 fully saturated rings. The van der Waals surface area contributed by atoms with E-state index in [1.807, 2.05) is 6.92 Å². The number of piperidine rings is 1. The Morgan fingerprint density at radius 3 is 2.70 bits per heavy atom. The number of rotatable bonds is 5. The Labute approximate surface area is 175 Å². The lowest BCUT2D eigenvalue weighted by Crippen LogP contribution is -2.54. The summed E-state index contributed by atoms with van der Waals surface area (Å²) < 4.78 is 0. The predicted molar refractivity (Wildman–Crippen MR) is 106 cm³/mol. The number of amides is 5.